The number of hydrogen-bond donors (Lipinski definition) is 2. The third kappa shape index (κ3) is 3.06. The summed E-state index contributed by atoms with van der Waals surface area (Å²) in [5.41, 5.74) is 1.24. The summed E-state index contributed by atoms with van der Waals surface area (Å²) in [6.07, 6.45) is 5.93. The minimum atomic E-state index is 0.559. The van der Waals surface area contributed by atoms with Crippen LogP contribution in [0.15, 0.2) is 6.20 Å². The summed E-state index contributed by atoms with van der Waals surface area (Å²) in [5, 5.41) is 4.81. The first-order chi connectivity index (χ1) is 8.86. The fraction of sp³-hybridized carbons (Fsp3) is 0.769. The zero-order chi connectivity index (χ0) is 12.4. The molecule has 0 bridgehead atoms. The van der Waals surface area contributed by atoms with E-state index in [4.69, 9.17) is 0 Å². The van der Waals surface area contributed by atoms with Gasteiger partial charge in [0.05, 0.1) is 5.25 Å². The average Bonchev–Trinajstić information content (AvgIpc) is 3.13. The number of rotatable bonds is 5. The molecular formula is C13H21N3S2. The van der Waals surface area contributed by atoms with Crippen LogP contribution in [0, 0.1) is 0 Å². The minimum Gasteiger partial charge on any atom is -0.344 e. The molecule has 1 aromatic heterocycles. The van der Waals surface area contributed by atoms with Gasteiger partial charge in [-0.3, -0.25) is 0 Å². The second-order valence-corrected chi connectivity index (χ2v) is 7.65. The molecule has 2 N–H and O–H groups in total. The van der Waals surface area contributed by atoms with Crippen LogP contribution in [0.3, 0.4) is 0 Å². The molecule has 5 heteroatoms. The molecule has 1 saturated carbocycles. The molecule has 0 radical (unpaired) electrons. The molecule has 2 fully saturated rings. The lowest BCUT2D eigenvalue weighted by Crippen LogP contribution is -2.19. The molecule has 0 spiro atoms. The van der Waals surface area contributed by atoms with Crippen molar-refractivity contribution in [3.8, 4) is 0 Å². The van der Waals surface area contributed by atoms with E-state index in [9.17, 15) is 0 Å². The van der Waals surface area contributed by atoms with E-state index in [0.29, 0.717) is 5.25 Å². The number of thioether (sulfide) groups is 2. The van der Waals surface area contributed by atoms with E-state index < -0.39 is 0 Å². The predicted octanol–water partition coefficient (Wildman–Crippen LogP) is 2.96. The number of H-pyrrole nitrogens is 1. The third-order valence-corrected chi connectivity index (χ3v) is 6.78. The lowest BCUT2D eigenvalue weighted by atomic mass is 10.2. The maximum Gasteiger partial charge on any atom is 0.120 e. The maximum absolute atomic E-state index is 4.61. The van der Waals surface area contributed by atoms with Gasteiger partial charge in [0.1, 0.15) is 5.82 Å². The van der Waals surface area contributed by atoms with E-state index in [0.717, 1.165) is 17.8 Å². The molecule has 2 unspecified atom stereocenters. The van der Waals surface area contributed by atoms with Gasteiger partial charge in [-0.05, 0) is 19.3 Å². The Balaban J connectivity index is 1.62. The van der Waals surface area contributed by atoms with E-state index in [2.05, 4.69) is 45.7 Å². The molecule has 0 amide bonds. The molecule has 3 rings (SSSR count). The molecule has 18 heavy (non-hydrogen) atoms. The van der Waals surface area contributed by atoms with Crippen molar-refractivity contribution >= 4 is 23.5 Å². The molecule has 2 heterocycles. The Morgan fingerprint density at radius 3 is 3.00 bits per heavy atom. The summed E-state index contributed by atoms with van der Waals surface area (Å²) in [4.78, 5) is 8.13. The predicted molar refractivity (Wildman–Crippen MR) is 80.2 cm³/mol. The van der Waals surface area contributed by atoms with Gasteiger partial charge in [0.15, 0.2) is 0 Å². The first-order valence-electron chi connectivity index (χ1n) is 6.87. The second kappa shape index (κ2) is 5.88. The highest BCUT2D eigenvalue weighted by Gasteiger charge is 2.28. The molecular weight excluding hydrogens is 262 g/mol. The number of nitrogens with one attached hydrogen (secondary N) is 2. The first kappa shape index (κ1) is 12.9. The summed E-state index contributed by atoms with van der Waals surface area (Å²) in [6, 6.07) is 0.764. The van der Waals surface area contributed by atoms with Crippen LogP contribution in [0.25, 0.3) is 0 Å². The molecule has 3 nitrogen and oxygen atoms in total. The molecule has 1 saturated heterocycles. The van der Waals surface area contributed by atoms with Gasteiger partial charge in [-0.2, -0.15) is 11.8 Å². The fourth-order valence-corrected chi connectivity index (χ4v) is 5.33. The number of imidazole rings is 1. The van der Waals surface area contributed by atoms with Crippen LogP contribution in [0.1, 0.15) is 43.0 Å². The Hall–Kier alpha value is -0.130. The Morgan fingerprint density at radius 2 is 2.22 bits per heavy atom. The van der Waals surface area contributed by atoms with Crippen molar-refractivity contribution in [2.45, 2.75) is 49.3 Å². The summed E-state index contributed by atoms with van der Waals surface area (Å²) < 4.78 is 0. The van der Waals surface area contributed by atoms with Gasteiger partial charge >= 0.3 is 0 Å². The highest BCUT2D eigenvalue weighted by molar-refractivity contribution is 8.06. The maximum atomic E-state index is 4.61. The number of hydrogen-bond acceptors (Lipinski definition) is 4. The van der Waals surface area contributed by atoms with Gasteiger partial charge in [0.2, 0.25) is 0 Å². The van der Waals surface area contributed by atoms with Crippen molar-refractivity contribution < 1.29 is 0 Å². The van der Waals surface area contributed by atoms with Crippen molar-refractivity contribution in [2.75, 3.05) is 11.5 Å². The van der Waals surface area contributed by atoms with Crippen LogP contribution in [-0.2, 0) is 6.54 Å². The van der Waals surface area contributed by atoms with Gasteiger partial charge in [0, 0.05) is 41.2 Å². The Kier molecular flexibility index (Phi) is 4.21. The number of aromatic nitrogens is 2. The van der Waals surface area contributed by atoms with E-state index in [1.54, 1.807) is 0 Å². The lowest BCUT2D eigenvalue weighted by Gasteiger charge is -2.28. The largest absolute Gasteiger partial charge is 0.344 e. The summed E-state index contributed by atoms with van der Waals surface area (Å²) >= 11 is 4.17. The van der Waals surface area contributed by atoms with E-state index in [-0.39, 0.29) is 0 Å². The average molecular weight is 283 g/mol. The highest BCUT2D eigenvalue weighted by Crippen LogP contribution is 2.42. The molecule has 1 aliphatic heterocycles. The molecule has 2 atom stereocenters. The molecule has 100 valence electrons. The Bertz CT molecular complexity index is 389. The van der Waals surface area contributed by atoms with Gasteiger partial charge in [-0.25, -0.2) is 4.98 Å². The van der Waals surface area contributed by atoms with Crippen LogP contribution in [-0.4, -0.2) is 32.8 Å². The molecule has 0 aromatic carbocycles. The van der Waals surface area contributed by atoms with Crippen LogP contribution in [0.4, 0.5) is 0 Å². The van der Waals surface area contributed by atoms with Crippen molar-refractivity contribution in [1.82, 2.24) is 15.3 Å². The fourth-order valence-electron chi connectivity index (χ4n) is 2.31. The Morgan fingerprint density at radius 1 is 1.39 bits per heavy atom. The SMILES string of the molecule is CCC1SCCSC1c1ncc(CNC2CC2)[nH]1. The standard InChI is InChI=1S/C13H21N3S2/c1-2-11-12(18-6-5-17-11)13-15-8-10(16-13)7-14-9-3-4-9/h8-9,11-12,14H,2-7H2,1H3,(H,15,16). The van der Waals surface area contributed by atoms with Crippen LogP contribution < -0.4 is 5.32 Å². The van der Waals surface area contributed by atoms with E-state index >= 15 is 0 Å². The number of aromatic amines is 1. The zero-order valence-electron chi connectivity index (χ0n) is 10.8. The second-order valence-electron chi connectivity index (χ2n) is 5.06. The van der Waals surface area contributed by atoms with Crippen molar-refractivity contribution in [2.24, 2.45) is 0 Å². The van der Waals surface area contributed by atoms with Gasteiger partial charge < -0.3 is 10.3 Å². The van der Waals surface area contributed by atoms with Crippen molar-refractivity contribution in [3.63, 3.8) is 0 Å². The van der Waals surface area contributed by atoms with Crippen LogP contribution >= 0.6 is 23.5 Å². The van der Waals surface area contributed by atoms with E-state index in [1.807, 2.05) is 6.20 Å². The van der Waals surface area contributed by atoms with E-state index in [1.165, 1.54) is 42.3 Å². The third-order valence-electron chi connectivity index (χ3n) is 3.53. The first-order valence-corrected chi connectivity index (χ1v) is 8.97. The summed E-state index contributed by atoms with van der Waals surface area (Å²) in [5.74, 6) is 3.73. The smallest absolute Gasteiger partial charge is 0.120 e. The Labute approximate surface area is 117 Å². The summed E-state index contributed by atoms with van der Waals surface area (Å²) in [6.45, 7) is 3.23. The lowest BCUT2D eigenvalue weighted by molar-refractivity contribution is 0.673. The van der Waals surface area contributed by atoms with Crippen LogP contribution in [0.2, 0.25) is 0 Å². The van der Waals surface area contributed by atoms with Gasteiger partial charge in [0.25, 0.3) is 0 Å². The van der Waals surface area contributed by atoms with Gasteiger partial charge in [-0.1, -0.05) is 6.92 Å². The minimum absolute atomic E-state index is 0.559. The molecule has 2 aliphatic rings. The quantitative estimate of drug-likeness (QED) is 0.871. The zero-order valence-corrected chi connectivity index (χ0v) is 12.4. The van der Waals surface area contributed by atoms with Crippen molar-refractivity contribution in [3.05, 3.63) is 17.7 Å². The number of nitrogens with zero attached hydrogens (tertiary/aromatic N) is 1. The molecule has 1 aromatic rings. The van der Waals surface area contributed by atoms with Crippen LogP contribution in [0.5, 0.6) is 0 Å². The summed E-state index contributed by atoms with van der Waals surface area (Å²) in [7, 11) is 0. The normalized spacial score (nSPS) is 28.5. The van der Waals surface area contributed by atoms with Crippen molar-refractivity contribution in [1.29, 1.82) is 0 Å². The monoisotopic (exact) mass is 283 g/mol. The molecule has 1 aliphatic carbocycles. The highest BCUT2D eigenvalue weighted by atomic mass is 32.2. The topological polar surface area (TPSA) is 40.7 Å². The van der Waals surface area contributed by atoms with Gasteiger partial charge in [-0.15, -0.1) is 11.8 Å².